The zero-order chi connectivity index (χ0) is 21.5. The maximum atomic E-state index is 12.5. The number of aromatic nitrogens is 4. The normalized spacial score (nSPS) is 18.4. The van der Waals surface area contributed by atoms with Crippen LogP contribution in [0.25, 0.3) is 16.9 Å². The Hall–Kier alpha value is -3.49. The van der Waals surface area contributed by atoms with E-state index in [-0.39, 0.29) is 17.9 Å². The molecule has 1 aliphatic carbocycles. The van der Waals surface area contributed by atoms with Crippen molar-refractivity contribution in [2.45, 2.75) is 45.2 Å². The molecular formula is C22H25N7O2. The summed E-state index contributed by atoms with van der Waals surface area (Å²) in [6, 6.07) is 6.10. The van der Waals surface area contributed by atoms with E-state index in [1.54, 1.807) is 12.7 Å². The molecule has 1 atom stereocenters. The van der Waals surface area contributed by atoms with Gasteiger partial charge >= 0.3 is 0 Å². The summed E-state index contributed by atoms with van der Waals surface area (Å²) in [5.41, 5.74) is 3.91. The first kappa shape index (κ1) is 19.5. The molecule has 3 aromatic rings. The molecule has 0 bridgehead atoms. The number of carbonyl (C=O) groups excluding carboxylic acids is 2. The molecule has 5 rings (SSSR count). The number of hydrogen-bond acceptors (Lipinski definition) is 6. The van der Waals surface area contributed by atoms with Gasteiger partial charge in [0.1, 0.15) is 12.7 Å². The van der Waals surface area contributed by atoms with E-state index < -0.39 is 0 Å². The van der Waals surface area contributed by atoms with Crippen molar-refractivity contribution >= 4 is 28.8 Å². The van der Waals surface area contributed by atoms with E-state index in [0.717, 1.165) is 42.9 Å². The second-order valence-corrected chi connectivity index (χ2v) is 8.37. The highest BCUT2D eigenvalue weighted by molar-refractivity contribution is 5.95. The Morgan fingerprint density at radius 3 is 2.68 bits per heavy atom. The molecule has 1 unspecified atom stereocenters. The minimum Gasteiger partial charge on any atom is -0.353 e. The molecule has 0 spiro atoms. The van der Waals surface area contributed by atoms with E-state index in [0.29, 0.717) is 29.3 Å². The summed E-state index contributed by atoms with van der Waals surface area (Å²) in [5.74, 6) is 0.687. The molecule has 1 aliphatic heterocycles. The highest BCUT2D eigenvalue weighted by Gasteiger charge is 2.27. The Morgan fingerprint density at radius 2 is 1.90 bits per heavy atom. The summed E-state index contributed by atoms with van der Waals surface area (Å²) >= 11 is 0. The Morgan fingerprint density at radius 1 is 1.06 bits per heavy atom. The number of imidazole rings is 1. The van der Waals surface area contributed by atoms with E-state index >= 15 is 0 Å². The molecule has 0 radical (unpaired) electrons. The van der Waals surface area contributed by atoms with Crippen LogP contribution in [0.2, 0.25) is 0 Å². The van der Waals surface area contributed by atoms with E-state index in [4.69, 9.17) is 0 Å². The van der Waals surface area contributed by atoms with E-state index in [9.17, 15) is 9.59 Å². The molecule has 2 N–H and O–H groups in total. The molecule has 1 aromatic carbocycles. The fraction of sp³-hybridized carbons (Fsp3) is 0.409. The predicted octanol–water partition coefficient (Wildman–Crippen LogP) is 1.73. The first-order valence-electron chi connectivity index (χ1n) is 10.6. The molecule has 9 heteroatoms. The number of fused-ring (bicyclic) bond motifs is 1. The summed E-state index contributed by atoms with van der Waals surface area (Å²) in [7, 11) is 0. The van der Waals surface area contributed by atoms with Crippen molar-refractivity contribution in [3.05, 3.63) is 42.0 Å². The van der Waals surface area contributed by atoms with Crippen LogP contribution in [0.3, 0.4) is 0 Å². The molecule has 31 heavy (non-hydrogen) atoms. The van der Waals surface area contributed by atoms with Crippen LogP contribution < -0.4 is 15.5 Å². The number of hydrogen-bond donors (Lipinski definition) is 2. The summed E-state index contributed by atoms with van der Waals surface area (Å²) in [6.45, 7) is 5.02. The van der Waals surface area contributed by atoms with Gasteiger partial charge in [0, 0.05) is 37.7 Å². The zero-order valence-electron chi connectivity index (χ0n) is 17.6. The number of carbonyl (C=O) groups is 2. The number of rotatable bonds is 5. The number of aryl methyl sites for hydroxylation is 1. The molecule has 2 amide bonds. The van der Waals surface area contributed by atoms with Gasteiger partial charge in [-0.3, -0.25) is 14.2 Å². The monoisotopic (exact) mass is 419 g/mol. The van der Waals surface area contributed by atoms with Crippen LogP contribution in [-0.4, -0.2) is 56.5 Å². The van der Waals surface area contributed by atoms with Crippen molar-refractivity contribution in [1.82, 2.24) is 30.2 Å². The maximum absolute atomic E-state index is 12.5. The van der Waals surface area contributed by atoms with Gasteiger partial charge in [-0.2, -0.15) is 0 Å². The third-order valence-electron chi connectivity index (χ3n) is 5.85. The van der Waals surface area contributed by atoms with Gasteiger partial charge in [-0.15, -0.1) is 0 Å². The first-order valence-corrected chi connectivity index (χ1v) is 10.6. The smallest absolute Gasteiger partial charge is 0.251 e. The second-order valence-electron chi connectivity index (χ2n) is 8.37. The van der Waals surface area contributed by atoms with Crippen molar-refractivity contribution in [2.24, 2.45) is 0 Å². The quantitative estimate of drug-likeness (QED) is 0.653. The van der Waals surface area contributed by atoms with Gasteiger partial charge < -0.3 is 15.5 Å². The van der Waals surface area contributed by atoms with Gasteiger partial charge in [0.05, 0.1) is 5.69 Å². The van der Waals surface area contributed by atoms with Crippen molar-refractivity contribution in [2.75, 3.05) is 18.0 Å². The van der Waals surface area contributed by atoms with Crippen molar-refractivity contribution in [1.29, 1.82) is 0 Å². The molecule has 1 saturated heterocycles. The van der Waals surface area contributed by atoms with E-state index in [1.807, 2.05) is 29.7 Å². The fourth-order valence-corrected chi connectivity index (χ4v) is 4.09. The molecule has 2 fully saturated rings. The van der Waals surface area contributed by atoms with Gasteiger partial charge in [0.2, 0.25) is 5.91 Å². The summed E-state index contributed by atoms with van der Waals surface area (Å²) in [5, 5.41) is 6.01. The Bertz CT molecular complexity index is 1170. The van der Waals surface area contributed by atoms with Crippen LogP contribution in [0.1, 0.15) is 42.1 Å². The third-order valence-corrected chi connectivity index (χ3v) is 5.85. The highest BCUT2D eigenvalue weighted by atomic mass is 16.2. The van der Waals surface area contributed by atoms with Gasteiger partial charge in [0.25, 0.3) is 5.91 Å². The van der Waals surface area contributed by atoms with Gasteiger partial charge in [-0.1, -0.05) is 6.07 Å². The van der Waals surface area contributed by atoms with Crippen LogP contribution in [0.5, 0.6) is 0 Å². The van der Waals surface area contributed by atoms with Crippen molar-refractivity contribution in [3.8, 4) is 5.69 Å². The molecular weight excluding hydrogens is 394 g/mol. The second kappa shape index (κ2) is 7.64. The first-order chi connectivity index (χ1) is 15.0. The lowest BCUT2D eigenvalue weighted by Crippen LogP contribution is -2.35. The zero-order valence-corrected chi connectivity index (χ0v) is 17.6. The van der Waals surface area contributed by atoms with Crippen LogP contribution in [0, 0.1) is 6.92 Å². The van der Waals surface area contributed by atoms with Crippen LogP contribution in [0.4, 0.5) is 5.82 Å². The van der Waals surface area contributed by atoms with Crippen LogP contribution in [-0.2, 0) is 4.79 Å². The van der Waals surface area contributed by atoms with E-state index in [1.165, 1.54) is 6.92 Å². The van der Waals surface area contributed by atoms with Crippen molar-refractivity contribution in [3.63, 3.8) is 0 Å². The molecule has 3 heterocycles. The average molecular weight is 419 g/mol. The fourth-order valence-electron chi connectivity index (χ4n) is 4.09. The third kappa shape index (κ3) is 3.83. The van der Waals surface area contributed by atoms with Gasteiger partial charge in [-0.25, -0.2) is 15.0 Å². The molecule has 9 nitrogen and oxygen atoms in total. The lowest BCUT2D eigenvalue weighted by molar-refractivity contribution is -0.119. The van der Waals surface area contributed by atoms with Gasteiger partial charge in [0.15, 0.2) is 17.0 Å². The number of anilines is 1. The number of benzene rings is 1. The number of nitrogens with zero attached hydrogens (tertiary/aromatic N) is 5. The Balaban J connectivity index is 1.48. The number of amides is 2. The maximum Gasteiger partial charge on any atom is 0.251 e. The SMILES string of the molecule is CC(=O)NC1CCN(c2ncnc3c2ncn3-c2cc(C(=O)NC3CC3)ccc2C)C1. The van der Waals surface area contributed by atoms with Crippen LogP contribution in [0.15, 0.2) is 30.9 Å². The minimum atomic E-state index is -0.0513. The molecule has 160 valence electrons. The van der Waals surface area contributed by atoms with Crippen molar-refractivity contribution < 1.29 is 9.59 Å². The summed E-state index contributed by atoms with van der Waals surface area (Å²) in [6.07, 6.45) is 6.24. The Kier molecular flexibility index (Phi) is 4.80. The molecule has 1 saturated carbocycles. The topological polar surface area (TPSA) is 105 Å². The molecule has 2 aliphatic rings. The summed E-state index contributed by atoms with van der Waals surface area (Å²) < 4.78 is 1.91. The lowest BCUT2D eigenvalue weighted by atomic mass is 10.1. The number of nitrogens with one attached hydrogen (secondary N) is 2. The van der Waals surface area contributed by atoms with Crippen LogP contribution >= 0.6 is 0 Å². The average Bonchev–Trinajstić information content (AvgIpc) is 3.26. The minimum absolute atomic E-state index is 0.0231. The summed E-state index contributed by atoms with van der Waals surface area (Å²) in [4.78, 5) is 39.6. The largest absolute Gasteiger partial charge is 0.353 e. The van der Waals surface area contributed by atoms with E-state index in [2.05, 4.69) is 30.5 Å². The molecule has 2 aromatic heterocycles. The lowest BCUT2D eigenvalue weighted by Gasteiger charge is -2.18. The highest BCUT2D eigenvalue weighted by Crippen LogP contribution is 2.28. The predicted molar refractivity (Wildman–Crippen MR) is 116 cm³/mol. The standard InChI is InChI=1S/C22H25N7O2/c1-13-3-4-15(22(31)27-16-5-6-16)9-18(13)29-12-25-19-20(23-11-24-21(19)29)28-8-7-17(10-28)26-14(2)30/h3-4,9,11-12,16-17H,5-8,10H2,1-2H3,(H,26,30)(H,27,31). The Labute approximate surface area is 179 Å². The van der Waals surface area contributed by atoms with Gasteiger partial charge in [-0.05, 0) is 43.9 Å².